The van der Waals surface area contributed by atoms with Gasteiger partial charge in [-0.05, 0) is 60.2 Å². The van der Waals surface area contributed by atoms with E-state index in [-0.39, 0.29) is 29.4 Å². The molecule has 0 amide bonds. The Kier molecular flexibility index (Phi) is 6.15. The molecule has 0 spiro atoms. The number of hydrogen-bond acceptors (Lipinski definition) is 6. The van der Waals surface area contributed by atoms with Gasteiger partial charge in [0, 0.05) is 29.6 Å². The molecule has 0 aliphatic heterocycles. The summed E-state index contributed by atoms with van der Waals surface area (Å²) in [6.07, 6.45) is 6.58. The summed E-state index contributed by atoms with van der Waals surface area (Å²) in [4.78, 5) is 30.0. The van der Waals surface area contributed by atoms with E-state index in [1.807, 2.05) is 54.1 Å². The third kappa shape index (κ3) is 4.45. The molecule has 1 N–H and O–H groups in total. The molecule has 5 rings (SSSR count). The highest BCUT2D eigenvalue weighted by atomic mass is 16.2. The summed E-state index contributed by atoms with van der Waals surface area (Å²) in [5.41, 5.74) is 4.59. The van der Waals surface area contributed by atoms with Crippen molar-refractivity contribution in [2.75, 3.05) is 0 Å². The van der Waals surface area contributed by atoms with Crippen LogP contribution in [0.3, 0.4) is 0 Å². The number of aromatic nitrogens is 7. The summed E-state index contributed by atoms with van der Waals surface area (Å²) in [5.74, 6) is 0.797. The van der Waals surface area contributed by atoms with Crippen LogP contribution in [-0.2, 0) is 17.8 Å². The van der Waals surface area contributed by atoms with Gasteiger partial charge in [-0.2, -0.15) is 5.21 Å². The summed E-state index contributed by atoms with van der Waals surface area (Å²) in [5, 5.41) is 14.2. The number of imidazole rings is 1. The Morgan fingerprint density at radius 1 is 1.14 bits per heavy atom. The Morgan fingerprint density at radius 2 is 1.94 bits per heavy atom. The molecule has 4 aromatic rings. The number of benzene rings is 1. The Bertz CT molecular complexity index is 1400. The van der Waals surface area contributed by atoms with Crippen LogP contribution >= 0.6 is 0 Å². The number of ketones is 1. The van der Waals surface area contributed by atoms with Crippen LogP contribution in [0, 0.1) is 11.8 Å². The van der Waals surface area contributed by atoms with E-state index in [1.165, 1.54) is 0 Å². The van der Waals surface area contributed by atoms with Crippen LogP contribution in [-0.4, -0.2) is 40.5 Å². The predicted octanol–water partition coefficient (Wildman–Crippen LogP) is 3.68. The smallest absolute Gasteiger partial charge is 0.300 e. The first-order chi connectivity index (χ1) is 17.0. The zero-order valence-corrected chi connectivity index (χ0v) is 20.2. The van der Waals surface area contributed by atoms with Crippen molar-refractivity contribution in [2.45, 2.75) is 52.6 Å². The van der Waals surface area contributed by atoms with Gasteiger partial charge < -0.3 is 0 Å². The van der Waals surface area contributed by atoms with Gasteiger partial charge in [0.15, 0.2) is 0 Å². The molecule has 35 heavy (non-hydrogen) atoms. The maximum Gasteiger partial charge on any atom is 0.328 e. The minimum absolute atomic E-state index is 0.0474. The van der Waals surface area contributed by atoms with E-state index in [4.69, 9.17) is 0 Å². The van der Waals surface area contributed by atoms with Crippen LogP contribution in [0.1, 0.15) is 51.0 Å². The van der Waals surface area contributed by atoms with E-state index in [0.717, 1.165) is 47.3 Å². The number of carbonyl (C=O) groups excluding carboxylic acids is 1. The van der Waals surface area contributed by atoms with E-state index < -0.39 is 0 Å². The lowest BCUT2D eigenvalue weighted by Crippen LogP contribution is -2.26. The van der Waals surface area contributed by atoms with Gasteiger partial charge in [0.25, 0.3) is 0 Å². The fourth-order valence-corrected chi connectivity index (χ4v) is 4.99. The van der Waals surface area contributed by atoms with Crippen LogP contribution in [0.5, 0.6) is 0 Å². The number of nitrogens with one attached hydrogen (secondary N) is 1. The minimum atomic E-state index is -0.0736. The number of pyridine rings is 1. The summed E-state index contributed by atoms with van der Waals surface area (Å²) in [6, 6.07) is 11.8. The number of tetrazole rings is 1. The van der Waals surface area contributed by atoms with Gasteiger partial charge in [0.2, 0.25) is 5.82 Å². The van der Waals surface area contributed by atoms with E-state index in [1.54, 1.807) is 17.7 Å². The van der Waals surface area contributed by atoms with E-state index >= 15 is 0 Å². The van der Waals surface area contributed by atoms with Crippen LogP contribution in [0.4, 0.5) is 0 Å². The zero-order chi connectivity index (χ0) is 24.5. The Morgan fingerprint density at radius 3 is 2.66 bits per heavy atom. The second kappa shape index (κ2) is 9.40. The summed E-state index contributed by atoms with van der Waals surface area (Å²) < 4.78 is 3.60. The molecule has 0 saturated heterocycles. The molecular weight excluding hydrogens is 442 g/mol. The molecule has 9 nitrogen and oxygen atoms in total. The molecule has 1 aliphatic carbocycles. The monoisotopic (exact) mass is 471 g/mol. The van der Waals surface area contributed by atoms with Crippen molar-refractivity contribution in [3.8, 4) is 22.5 Å². The van der Waals surface area contributed by atoms with Crippen molar-refractivity contribution in [1.82, 2.24) is 34.7 Å². The lowest BCUT2D eigenvalue weighted by atomic mass is 10.0. The summed E-state index contributed by atoms with van der Waals surface area (Å²) >= 11 is 0. The average molecular weight is 472 g/mol. The molecule has 0 radical (unpaired) electrons. The highest BCUT2D eigenvalue weighted by Crippen LogP contribution is 2.50. The van der Waals surface area contributed by atoms with Crippen molar-refractivity contribution >= 4 is 5.78 Å². The standard InChI is InChI=1S/C26H29N7O2/c1-4-5-9-22-15-33(24-16(2)23(24)17(3)34)26(35)32(22)14-21-13-19(10-11-27-21)18-7-6-8-20(12-18)25-28-30-31-29-25/h6-8,10-13,15-16,23-24H,4-5,9,14H2,1-3H3,(H,28,29,30,31). The maximum absolute atomic E-state index is 13.4. The van der Waals surface area contributed by atoms with Crippen molar-refractivity contribution in [1.29, 1.82) is 0 Å². The topological polar surface area (TPSA) is 111 Å². The van der Waals surface area contributed by atoms with Gasteiger partial charge in [-0.25, -0.2) is 4.79 Å². The fourth-order valence-electron chi connectivity index (χ4n) is 4.99. The lowest BCUT2D eigenvalue weighted by Gasteiger charge is -2.09. The average Bonchev–Trinajstić information content (AvgIpc) is 3.18. The Balaban J connectivity index is 1.46. The number of carbonyl (C=O) groups is 1. The van der Waals surface area contributed by atoms with Gasteiger partial charge in [-0.3, -0.25) is 18.9 Å². The van der Waals surface area contributed by atoms with Gasteiger partial charge in [0.1, 0.15) is 5.78 Å². The minimum Gasteiger partial charge on any atom is -0.300 e. The zero-order valence-electron chi connectivity index (χ0n) is 20.2. The first kappa shape index (κ1) is 22.9. The van der Waals surface area contributed by atoms with Crippen LogP contribution in [0.15, 0.2) is 53.6 Å². The quantitative estimate of drug-likeness (QED) is 0.399. The van der Waals surface area contributed by atoms with Gasteiger partial charge in [0.05, 0.1) is 18.3 Å². The molecule has 1 aliphatic rings. The molecule has 1 aromatic carbocycles. The first-order valence-corrected chi connectivity index (χ1v) is 12.1. The number of nitrogens with zero attached hydrogens (tertiary/aromatic N) is 6. The van der Waals surface area contributed by atoms with Crippen molar-refractivity contribution < 1.29 is 4.79 Å². The first-order valence-electron chi connectivity index (χ1n) is 12.1. The van der Waals surface area contributed by atoms with Crippen LogP contribution < -0.4 is 5.69 Å². The highest BCUT2D eigenvalue weighted by Gasteiger charge is 2.52. The summed E-state index contributed by atoms with van der Waals surface area (Å²) in [6.45, 7) is 6.18. The van der Waals surface area contributed by atoms with Gasteiger partial charge >= 0.3 is 5.69 Å². The molecule has 0 bridgehead atoms. The third-order valence-electron chi connectivity index (χ3n) is 6.93. The van der Waals surface area contributed by atoms with Crippen molar-refractivity contribution in [3.63, 3.8) is 0 Å². The normalized spacial score (nSPS) is 19.1. The van der Waals surface area contributed by atoms with E-state index in [0.29, 0.717) is 12.4 Å². The lowest BCUT2D eigenvalue weighted by molar-refractivity contribution is -0.118. The number of Topliss-reactive ketones (excluding diaryl/α,β-unsaturated/α-hetero) is 1. The van der Waals surface area contributed by atoms with E-state index in [2.05, 4.69) is 32.5 Å². The third-order valence-corrected chi connectivity index (χ3v) is 6.93. The summed E-state index contributed by atoms with van der Waals surface area (Å²) in [7, 11) is 0. The molecule has 1 fully saturated rings. The number of rotatable bonds is 9. The highest BCUT2D eigenvalue weighted by molar-refractivity contribution is 5.82. The maximum atomic E-state index is 13.4. The van der Waals surface area contributed by atoms with E-state index in [9.17, 15) is 9.59 Å². The number of H-pyrrole nitrogens is 1. The van der Waals surface area contributed by atoms with Crippen molar-refractivity contribution in [3.05, 3.63) is 70.7 Å². The number of unbranched alkanes of at least 4 members (excludes halogenated alkanes) is 1. The second-order valence-electron chi connectivity index (χ2n) is 9.34. The molecule has 3 unspecified atom stereocenters. The molecule has 180 valence electrons. The van der Waals surface area contributed by atoms with Gasteiger partial charge in [-0.1, -0.05) is 38.5 Å². The van der Waals surface area contributed by atoms with Crippen LogP contribution in [0.2, 0.25) is 0 Å². The van der Waals surface area contributed by atoms with Crippen molar-refractivity contribution in [2.24, 2.45) is 11.8 Å². The Labute approximate surface area is 203 Å². The molecule has 3 aromatic heterocycles. The fraction of sp³-hybridized carbons (Fsp3) is 0.385. The molecule has 9 heteroatoms. The molecular formula is C26H29N7O2. The SMILES string of the molecule is CCCCc1cn(C2C(C)C2C(C)=O)c(=O)n1Cc1cc(-c2cccc(-c3nn[nH]n3)c2)ccn1. The van der Waals surface area contributed by atoms with Gasteiger partial charge in [-0.15, -0.1) is 10.2 Å². The number of aryl methyl sites for hydroxylation is 1. The molecule has 1 saturated carbocycles. The molecule has 3 atom stereocenters. The molecule has 3 heterocycles. The number of aromatic amines is 1. The second-order valence-corrected chi connectivity index (χ2v) is 9.34. The number of hydrogen-bond donors (Lipinski definition) is 1. The Hall–Kier alpha value is -3.88. The predicted molar refractivity (Wildman–Crippen MR) is 132 cm³/mol. The largest absolute Gasteiger partial charge is 0.328 e. The van der Waals surface area contributed by atoms with Crippen LogP contribution in [0.25, 0.3) is 22.5 Å².